The first-order chi connectivity index (χ1) is 9.34. The minimum absolute atomic E-state index is 0.00815. The van der Waals surface area contributed by atoms with E-state index in [0.717, 1.165) is 22.2 Å². The summed E-state index contributed by atoms with van der Waals surface area (Å²) in [5.74, 6) is 0.828. The lowest BCUT2D eigenvalue weighted by atomic mass is 10.1. The predicted molar refractivity (Wildman–Crippen MR) is 77.2 cm³/mol. The van der Waals surface area contributed by atoms with Gasteiger partial charge in [0.15, 0.2) is 0 Å². The Balaban J connectivity index is 1.94. The normalized spacial score (nSPS) is 12.3. The third kappa shape index (κ3) is 2.43. The van der Waals surface area contributed by atoms with Crippen molar-refractivity contribution in [2.45, 2.75) is 13.0 Å². The van der Waals surface area contributed by atoms with Crippen molar-refractivity contribution >= 4 is 10.9 Å². The minimum Gasteiger partial charge on any atom is -0.484 e. The van der Waals surface area contributed by atoms with Gasteiger partial charge >= 0.3 is 0 Å². The second-order valence-corrected chi connectivity index (χ2v) is 4.50. The Labute approximate surface area is 112 Å². The molecule has 2 heteroatoms. The molecule has 0 aliphatic carbocycles. The topological polar surface area (TPSA) is 22.1 Å². The summed E-state index contributed by atoms with van der Waals surface area (Å²) in [7, 11) is 0. The maximum atomic E-state index is 6.05. The van der Waals surface area contributed by atoms with Gasteiger partial charge in [-0.05, 0) is 24.6 Å². The SMILES string of the molecule is C[C@H](Oc1cccc2cccnc12)c1ccccc1. The number of fused-ring (bicyclic) bond motifs is 1. The number of pyridine rings is 1. The second-order valence-electron chi connectivity index (χ2n) is 4.50. The van der Waals surface area contributed by atoms with Gasteiger partial charge in [-0.2, -0.15) is 0 Å². The molecule has 0 unspecified atom stereocenters. The Hall–Kier alpha value is -2.35. The van der Waals surface area contributed by atoms with Crippen LogP contribution in [0, 0.1) is 0 Å². The van der Waals surface area contributed by atoms with E-state index in [4.69, 9.17) is 4.74 Å². The van der Waals surface area contributed by atoms with Crippen LogP contribution in [-0.4, -0.2) is 4.98 Å². The van der Waals surface area contributed by atoms with Gasteiger partial charge in [0.25, 0.3) is 0 Å². The smallest absolute Gasteiger partial charge is 0.146 e. The Morgan fingerprint density at radius 1 is 0.895 bits per heavy atom. The molecule has 0 N–H and O–H groups in total. The van der Waals surface area contributed by atoms with Crippen LogP contribution in [-0.2, 0) is 0 Å². The van der Waals surface area contributed by atoms with E-state index < -0.39 is 0 Å². The van der Waals surface area contributed by atoms with Gasteiger partial charge in [0, 0.05) is 11.6 Å². The Bertz CT molecular complexity index is 674. The number of hydrogen-bond acceptors (Lipinski definition) is 2. The van der Waals surface area contributed by atoms with Crippen molar-refractivity contribution in [3.05, 3.63) is 72.4 Å². The number of para-hydroxylation sites is 1. The van der Waals surface area contributed by atoms with Crippen LogP contribution >= 0.6 is 0 Å². The highest BCUT2D eigenvalue weighted by atomic mass is 16.5. The van der Waals surface area contributed by atoms with Crippen LogP contribution in [0.2, 0.25) is 0 Å². The summed E-state index contributed by atoms with van der Waals surface area (Å²) in [4.78, 5) is 4.40. The third-order valence-corrected chi connectivity index (χ3v) is 3.17. The number of benzene rings is 2. The lowest BCUT2D eigenvalue weighted by molar-refractivity contribution is 0.229. The standard InChI is InChI=1S/C17H15NO/c1-13(14-7-3-2-4-8-14)19-16-11-5-9-15-10-6-12-18-17(15)16/h2-13H,1H3/t13-/m0/s1. The van der Waals surface area contributed by atoms with Crippen molar-refractivity contribution in [3.8, 4) is 5.75 Å². The number of nitrogens with zero attached hydrogens (tertiary/aromatic N) is 1. The molecule has 1 atom stereocenters. The van der Waals surface area contributed by atoms with Gasteiger partial charge < -0.3 is 4.74 Å². The van der Waals surface area contributed by atoms with E-state index in [1.165, 1.54) is 0 Å². The van der Waals surface area contributed by atoms with E-state index in [1.807, 2.05) is 48.5 Å². The molecule has 94 valence electrons. The molecule has 2 nitrogen and oxygen atoms in total. The van der Waals surface area contributed by atoms with E-state index in [1.54, 1.807) is 6.20 Å². The molecule has 0 saturated carbocycles. The van der Waals surface area contributed by atoms with Gasteiger partial charge in [-0.1, -0.05) is 48.5 Å². The molecule has 0 fully saturated rings. The third-order valence-electron chi connectivity index (χ3n) is 3.17. The molecule has 0 aliphatic rings. The van der Waals surface area contributed by atoms with Gasteiger partial charge in [0.05, 0.1) is 0 Å². The van der Waals surface area contributed by atoms with Crippen LogP contribution in [0.5, 0.6) is 5.75 Å². The largest absolute Gasteiger partial charge is 0.484 e. The molecule has 0 saturated heterocycles. The lowest BCUT2D eigenvalue weighted by Gasteiger charge is -2.16. The van der Waals surface area contributed by atoms with Gasteiger partial charge in [-0.3, -0.25) is 4.98 Å². The monoisotopic (exact) mass is 249 g/mol. The van der Waals surface area contributed by atoms with Crippen LogP contribution in [0.4, 0.5) is 0 Å². The number of ether oxygens (including phenoxy) is 1. The molecule has 2 aromatic carbocycles. The van der Waals surface area contributed by atoms with Crippen molar-refractivity contribution in [2.75, 3.05) is 0 Å². The Morgan fingerprint density at radius 3 is 2.53 bits per heavy atom. The fourth-order valence-corrected chi connectivity index (χ4v) is 2.15. The number of hydrogen-bond donors (Lipinski definition) is 0. The van der Waals surface area contributed by atoms with E-state index in [9.17, 15) is 0 Å². The summed E-state index contributed by atoms with van der Waals surface area (Å²) >= 11 is 0. The molecule has 0 spiro atoms. The number of aromatic nitrogens is 1. The molecular formula is C17H15NO. The van der Waals surface area contributed by atoms with E-state index >= 15 is 0 Å². The summed E-state index contributed by atoms with van der Waals surface area (Å²) in [6, 6.07) is 20.2. The lowest BCUT2D eigenvalue weighted by Crippen LogP contribution is -2.03. The first kappa shape index (κ1) is 11.7. The molecule has 1 heterocycles. The fraction of sp³-hybridized carbons (Fsp3) is 0.118. The predicted octanol–water partition coefficient (Wildman–Crippen LogP) is 4.37. The van der Waals surface area contributed by atoms with E-state index in [-0.39, 0.29) is 6.10 Å². The van der Waals surface area contributed by atoms with Crippen molar-refractivity contribution in [1.29, 1.82) is 0 Å². The molecular weight excluding hydrogens is 234 g/mol. The van der Waals surface area contributed by atoms with Crippen molar-refractivity contribution in [2.24, 2.45) is 0 Å². The summed E-state index contributed by atoms with van der Waals surface area (Å²) < 4.78 is 6.05. The maximum Gasteiger partial charge on any atom is 0.146 e. The van der Waals surface area contributed by atoms with E-state index in [0.29, 0.717) is 0 Å². The highest BCUT2D eigenvalue weighted by Gasteiger charge is 2.09. The molecule has 19 heavy (non-hydrogen) atoms. The van der Waals surface area contributed by atoms with Gasteiger partial charge in [0.1, 0.15) is 17.4 Å². The summed E-state index contributed by atoms with van der Waals surface area (Å²) in [5, 5.41) is 1.10. The molecule has 3 aromatic rings. The van der Waals surface area contributed by atoms with Crippen LogP contribution in [0.3, 0.4) is 0 Å². The highest BCUT2D eigenvalue weighted by molar-refractivity contribution is 5.84. The zero-order valence-corrected chi connectivity index (χ0v) is 10.8. The Kier molecular flexibility index (Phi) is 3.15. The van der Waals surface area contributed by atoms with Crippen LogP contribution in [0.1, 0.15) is 18.6 Å². The average Bonchev–Trinajstić information content (AvgIpc) is 2.48. The highest BCUT2D eigenvalue weighted by Crippen LogP contribution is 2.27. The molecule has 3 rings (SSSR count). The zero-order valence-electron chi connectivity index (χ0n) is 10.8. The van der Waals surface area contributed by atoms with Gasteiger partial charge in [-0.15, -0.1) is 0 Å². The number of rotatable bonds is 3. The summed E-state index contributed by atoms with van der Waals surface area (Å²) in [6.45, 7) is 2.05. The summed E-state index contributed by atoms with van der Waals surface area (Å²) in [5.41, 5.74) is 2.07. The van der Waals surface area contributed by atoms with Crippen LogP contribution < -0.4 is 4.74 Å². The zero-order chi connectivity index (χ0) is 13.1. The van der Waals surface area contributed by atoms with E-state index in [2.05, 4.69) is 24.0 Å². The first-order valence-electron chi connectivity index (χ1n) is 6.40. The van der Waals surface area contributed by atoms with Crippen molar-refractivity contribution in [3.63, 3.8) is 0 Å². The fourth-order valence-electron chi connectivity index (χ4n) is 2.15. The van der Waals surface area contributed by atoms with Gasteiger partial charge in [-0.25, -0.2) is 0 Å². The Morgan fingerprint density at radius 2 is 1.68 bits per heavy atom. The van der Waals surface area contributed by atoms with Crippen molar-refractivity contribution < 1.29 is 4.74 Å². The molecule has 0 amide bonds. The molecule has 0 aliphatic heterocycles. The minimum atomic E-state index is 0.00815. The quantitative estimate of drug-likeness (QED) is 0.687. The first-order valence-corrected chi connectivity index (χ1v) is 6.40. The molecule has 0 bridgehead atoms. The van der Waals surface area contributed by atoms with Gasteiger partial charge in [0.2, 0.25) is 0 Å². The molecule has 0 radical (unpaired) electrons. The summed E-state index contributed by atoms with van der Waals surface area (Å²) in [6.07, 6.45) is 1.80. The van der Waals surface area contributed by atoms with Crippen LogP contribution in [0.25, 0.3) is 10.9 Å². The second kappa shape index (κ2) is 5.11. The average molecular weight is 249 g/mol. The maximum absolute atomic E-state index is 6.05. The molecule has 1 aromatic heterocycles. The van der Waals surface area contributed by atoms with Crippen molar-refractivity contribution in [1.82, 2.24) is 4.98 Å². The van der Waals surface area contributed by atoms with Crippen LogP contribution in [0.15, 0.2) is 66.9 Å².